The molecule has 2 aromatic heterocycles. The Balaban J connectivity index is 2.00. The van der Waals surface area contributed by atoms with Gasteiger partial charge in [0.2, 0.25) is 0 Å². The Morgan fingerprint density at radius 1 is 1.39 bits per heavy atom. The summed E-state index contributed by atoms with van der Waals surface area (Å²) in [5, 5.41) is 17.6. The summed E-state index contributed by atoms with van der Waals surface area (Å²) in [5.41, 5.74) is 3.07. The van der Waals surface area contributed by atoms with Crippen LogP contribution in [0.15, 0.2) is 11.4 Å². The molecular weight excluding hydrogens is 246 g/mol. The lowest BCUT2D eigenvalue weighted by atomic mass is 10.1. The molecule has 0 fully saturated rings. The van der Waals surface area contributed by atoms with Gasteiger partial charge in [-0.15, -0.1) is 11.3 Å². The van der Waals surface area contributed by atoms with Gasteiger partial charge in [-0.2, -0.15) is 5.10 Å². The number of aryl methyl sites for hydroxylation is 3. The first-order chi connectivity index (χ1) is 8.58. The largest absolute Gasteiger partial charge is 0.392 e. The third-order valence-corrected chi connectivity index (χ3v) is 3.66. The maximum atomic E-state index is 10.1. The molecule has 0 aromatic carbocycles. The molecule has 0 aliphatic heterocycles. The van der Waals surface area contributed by atoms with Gasteiger partial charge in [0.05, 0.1) is 22.5 Å². The number of aliphatic hydroxyl groups is 1. The van der Waals surface area contributed by atoms with Crippen molar-refractivity contribution < 1.29 is 5.11 Å². The topological polar surface area (TPSA) is 50.9 Å². The summed E-state index contributed by atoms with van der Waals surface area (Å²) >= 11 is 1.62. The molecule has 0 amide bonds. The fourth-order valence-electron chi connectivity index (χ4n) is 2.09. The fraction of sp³-hybridized carbons (Fsp3) is 0.538. The molecule has 4 nitrogen and oxygen atoms in total. The van der Waals surface area contributed by atoms with Gasteiger partial charge in [0.25, 0.3) is 0 Å². The smallest absolute Gasteiger partial charge is 0.0897 e. The van der Waals surface area contributed by atoms with E-state index in [0.717, 1.165) is 28.6 Å². The molecule has 18 heavy (non-hydrogen) atoms. The Morgan fingerprint density at radius 3 is 2.78 bits per heavy atom. The van der Waals surface area contributed by atoms with Crippen LogP contribution in [0.1, 0.15) is 29.0 Å². The quantitative estimate of drug-likeness (QED) is 0.901. The van der Waals surface area contributed by atoms with Crippen molar-refractivity contribution in [1.29, 1.82) is 0 Å². The lowest BCUT2D eigenvalue weighted by Crippen LogP contribution is -2.17. The molecule has 1 atom stereocenters. The van der Waals surface area contributed by atoms with Crippen LogP contribution in [-0.4, -0.2) is 26.0 Å². The zero-order chi connectivity index (χ0) is 13.1. The second-order valence-electron chi connectivity index (χ2n) is 4.51. The zero-order valence-electron chi connectivity index (χ0n) is 11.1. The molecule has 5 heteroatoms. The van der Waals surface area contributed by atoms with Crippen molar-refractivity contribution in [3.63, 3.8) is 0 Å². The molecule has 2 aromatic rings. The summed E-state index contributed by atoms with van der Waals surface area (Å²) in [6.07, 6.45) is 0.844. The lowest BCUT2D eigenvalue weighted by molar-refractivity contribution is 0.171. The number of hydrogen-bond acceptors (Lipinski definition) is 4. The average molecular weight is 265 g/mol. The first kappa shape index (κ1) is 13.2. The molecule has 0 aliphatic rings. The molecular formula is C13H19N3OS. The predicted molar refractivity (Wildman–Crippen MR) is 72.9 cm³/mol. The number of aliphatic hydroxyl groups excluding tert-OH is 1. The molecule has 2 heterocycles. The molecule has 0 spiro atoms. The molecule has 1 unspecified atom stereocenters. The predicted octanol–water partition coefficient (Wildman–Crippen LogP) is 2.12. The molecule has 98 valence electrons. The summed E-state index contributed by atoms with van der Waals surface area (Å²) in [6.45, 7) is 6.86. The third kappa shape index (κ3) is 3.17. The van der Waals surface area contributed by atoms with Gasteiger partial charge < -0.3 is 5.11 Å². The number of thiazole rings is 1. The summed E-state index contributed by atoms with van der Waals surface area (Å²) in [4.78, 5) is 4.38. The fourth-order valence-corrected chi connectivity index (χ4v) is 2.72. The van der Waals surface area contributed by atoms with Gasteiger partial charge in [-0.3, -0.25) is 4.68 Å². The van der Waals surface area contributed by atoms with E-state index >= 15 is 0 Å². The van der Waals surface area contributed by atoms with E-state index in [-0.39, 0.29) is 0 Å². The highest BCUT2D eigenvalue weighted by Gasteiger charge is 2.12. The van der Waals surface area contributed by atoms with Crippen LogP contribution in [0.25, 0.3) is 0 Å². The molecule has 0 saturated heterocycles. The lowest BCUT2D eigenvalue weighted by Gasteiger charge is -2.10. The van der Waals surface area contributed by atoms with E-state index in [1.165, 1.54) is 0 Å². The van der Waals surface area contributed by atoms with Crippen LogP contribution < -0.4 is 0 Å². The third-order valence-electron chi connectivity index (χ3n) is 2.84. The van der Waals surface area contributed by atoms with Crippen LogP contribution in [0.2, 0.25) is 0 Å². The van der Waals surface area contributed by atoms with Crippen molar-refractivity contribution in [2.45, 2.75) is 46.3 Å². The van der Waals surface area contributed by atoms with E-state index in [0.29, 0.717) is 12.8 Å². The second kappa shape index (κ2) is 5.63. The Bertz CT molecular complexity index is 518. The van der Waals surface area contributed by atoms with Gasteiger partial charge in [0.1, 0.15) is 0 Å². The monoisotopic (exact) mass is 265 g/mol. The van der Waals surface area contributed by atoms with Crippen molar-refractivity contribution in [3.8, 4) is 0 Å². The van der Waals surface area contributed by atoms with Crippen molar-refractivity contribution in [2.24, 2.45) is 0 Å². The Hall–Kier alpha value is -1.20. The molecule has 0 saturated carbocycles. The van der Waals surface area contributed by atoms with E-state index < -0.39 is 6.10 Å². The Labute approximate surface area is 111 Å². The normalized spacial score (nSPS) is 12.9. The van der Waals surface area contributed by atoms with Gasteiger partial charge in [0, 0.05) is 30.5 Å². The molecule has 0 radical (unpaired) electrons. The van der Waals surface area contributed by atoms with Crippen LogP contribution in [0.4, 0.5) is 0 Å². The van der Waals surface area contributed by atoms with E-state index in [2.05, 4.69) is 17.0 Å². The minimum Gasteiger partial charge on any atom is -0.392 e. The van der Waals surface area contributed by atoms with E-state index in [1.807, 2.05) is 30.0 Å². The van der Waals surface area contributed by atoms with Crippen molar-refractivity contribution in [2.75, 3.05) is 0 Å². The van der Waals surface area contributed by atoms with Gasteiger partial charge >= 0.3 is 0 Å². The molecule has 1 N–H and O–H groups in total. The number of rotatable bonds is 5. The van der Waals surface area contributed by atoms with E-state index in [9.17, 15) is 5.11 Å². The minimum absolute atomic E-state index is 0.395. The number of nitrogens with zero attached hydrogens (tertiary/aromatic N) is 3. The van der Waals surface area contributed by atoms with Gasteiger partial charge in [-0.05, 0) is 26.8 Å². The maximum absolute atomic E-state index is 10.1. The summed E-state index contributed by atoms with van der Waals surface area (Å²) in [7, 11) is 0. The summed E-state index contributed by atoms with van der Waals surface area (Å²) in [6, 6.07) is 2.04. The number of hydrogen-bond donors (Lipinski definition) is 1. The first-order valence-corrected chi connectivity index (χ1v) is 7.09. The number of aromatic nitrogens is 3. The average Bonchev–Trinajstić information content (AvgIpc) is 2.85. The summed E-state index contributed by atoms with van der Waals surface area (Å²) in [5.74, 6) is 0. The zero-order valence-corrected chi connectivity index (χ0v) is 11.9. The highest BCUT2D eigenvalue weighted by atomic mass is 32.1. The Kier molecular flexibility index (Phi) is 4.14. The first-order valence-electron chi connectivity index (χ1n) is 6.21. The van der Waals surface area contributed by atoms with Crippen LogP contribution in [-0.2, 0) is 19.4 Å². The van der Waals surface area contributed by atoms with Crippen molar-refractivity contribution >= 4 is 11.3 Å². The van der Waals surface area contributed by atoms with Crippen LogP contribution in [0.3, 0.4) is 0 Å². The van der Waals surface area contributed by atoms with Crippen molar-refractivity contribution in [3.05, 3.63) is 33.5 Å². The van der Waals surface area contributed by atoms with Gasteiger partial charge in [0.15, 0.2) is 0 Å². The maximum Gasteiger partial charge on any atom is 0.0897 e. The SMILES string of the molecule is CCn1nc(C)cc1CC(O)Cc1csc(C)n1. The van der Waals surface area contributed by atoms with E-state index in [4.69, 9.17) is 0 Å². The minimum atomic E-state index is -0.395. The molecule has 0 bridgehead atoms. The highest BCUT2D eigenvalue weighted by Crippen LogP contribution is 2.13. The Morgan fingerprint density at radius 2 is 2.17 bits per heavy atom. The van der Waals surface area contributed by atoms with Gasteiger partial charge in [-0.25, -0.2) is 4.98 Å². The van der Waals surface area contributed by atoms with E-state index in [1.54, 1.807) is 11.3 Å². The van der Waals surface area contributed by atoms with Crippen molar-refractivity contribution in [1.82, 2.24) is 14.8 Å². The van der Waals surface area contributed by atoms with Crippen LogP contribution in [0.5, 0.6) is 0 Å². The highest BCUT2D eigenvalue weighted by molar-refractivity contribution is 7.09. The van der Waals surface area contributed by atoms with Crippen LogP contribution in [0, 0.1) is 13.8 Å². The molecule has 0 aliphatic carbocycles. The second-order valence-corrected chi connectivity index (χ2v) is 5.57. The standard InChI is InChI=1S/C13H19N3OS/c1-4-16-12(5-9(2)15-16)7-13(17)6-11-8-18-10(3)14-11/h5,8,13,17H,4,6-7H2,1-3H3. The summed E-state index contributed by atoms with van der Waals surface area (Å²) < 4.78 is 1.95. The van der Waals surface area contributed by atoms with Gasteiger partial charge in [-0.1, -0.05) is 0 Å². The molecule has 2 rings (SSSR count). The van der Waals surface area contributed by atoms with Crippen LogP contribution >= 0.6 is 11.3 Å².